The Hall–Kier alpha value is -4.38. The Bertz CT molecular complexity index is 1350. The summed E-state index contributed by atoms with van der Waals surface area (Å²) in [5, 5.41) is 9.66. The molecule has 0 aliphatic carbocycles. The van der Waals surface area contributed by atoms with E-state index < -0.39 is 6.04 Å². The number of rotatable bonds is 8. The number of fused-ring (bicyclic) bond motifs is 1. The van der Waals surface area contributed by atoms with Crippen molar-refractivity contribution in [3.63, 3.8) is 0 Å². The minimum Gasteiger partial charge on any atom is -0.508 e. The Labute approximate surface area is 204 Å². The van der Waals surface area contributed by atoms with Crippen LogP contribution in [0.3, 0.4) is 0 Å². The number of phenolic OH excluding ortho intramolecular Hbond substituents is 1. The van der Waals surface area contributed by atoms with Crippen LogP contribution in [0.2, 0.25) is 0 Å². The van der Waals surface area contributed by atoms with Crippen LogP contribution >= 0.6 is 0 Å². The Morgan fingerprint density at radius 2 is 1.54 bits per heavy atom. The van der Waals surface area contributed by atoms with Crippen molar-refractivity contribution in [2.45, 2.75) is 25.4 Å². The highest BCUT2D eigenvalue weighted by atomic mass is 16.5. The Balaban J connectivity index is 1.39. The number of para-hydroxylation sites is 1. The zero-order valence-corrected chi connectivity index (χ0v) is 19.1. The molecule has 174 valence electrons. The first kappa shape index (κ1) is 22.4. The molecule has 0 radical (unpaired) electrons. The van der Waals surface area contributed by atoms with Gasteiger partial charge in [-0.25, -0.2) is 0 Å². The number of amides is 1. The predicted octanol–water partition coefficient (Wildman–Crippen LogP) is 5.56. The van der Waals surface area contributed by atoms with Gasteiger partial charge in [0.05, 0.1) is 6.04 Å². The molecule has 1 N–H and O–H groups in total. The van der Waals surface area contributed by atoms with E-state index in [1.54, 1.807) is 29.2 Å². The first-order chi connectivity index (χ1) is 17.1. The molecule has 1 amide bonds. The van der Waals surface area contributed by atoms with Crippen molar-refractivity contribution in [3.05, 3.63) is 125 Å². The molecular weight excluding hydrogens is 438 g/mol. The van der Waals surface area contributed by atoms with E-state index in [0.717, 1.165) is 22.4 Å². The van der Waals surface area contributed by atoms with Gasteiger partial charge in [0, 0.05) is 24.9 Å². The summed E-state index contributed by atoms with van der Waals surface area (Å²) in [6.07, 6.45) is 0.550. The van der Waals surface area contributed by atoms with Gasteiger partial charge in [-0.15, -0.1) is 0 Å². The first-order valence-corrected chi connectivity index (χ1v) is 11.6. The largest absolute Gasteiger partial charge is 0.508 e. The fraction of sp³-hybridized carbons (Fsp3) is 0.133. The molecule has 0 fully saturated rings. The molecule has 5 heteroatoms. The molecule has 1 heterocycles. The summed E-state index contributed by atoms with van der Waals surface area (Å²) < 4.78 is 5.93. The van der Waals surface area contributed by atoms with Crippen LogP contribution < -0.4 is 4.74 Å². The van der Waals surface area contributed by atoms with Gasteiger partial charge in [0.2, 0.25) is 0 Å². The summed E-state index contributed by atoms with van der Waals surface area (Å²) in [5.41, 5.74) is 3.28. The van der Waals surface area contributed by atoms with Crippen molar-refractivity contribution in [1.29, 1.82) is 0 Å². The number of hydrogen-bond donors (Lipinski definition) is 1. The van der Waals surface area contributed by atoms with E-state index in [2.05, 4.69) is 0 Å². The van der Waals surface area contributed by atoms with E-state index >= 15 is 0 Å². The highest BCUT2D eigenvalue weighted by Crippen LogP contribution is 2.28. The highest BCUT2D eigenvalue weighted by molar-refractivity contribution is 6.01. The van der Waals surface area contributed by atoms with Gasteiger partial charge in [-0.1, -0.05) is 60.7 Å². The van der Waals surface area contributed by atoms with Crippen LogP contribution in [0.5, 0.6) is 17.2 Å². The molecule has 5 rings (SSSR count). The van der Waals surface area contributed by atoms with Gasteiger partial charge in [-0.05, 0) is 59.2 Å². The highest BCUT2D eigenvalue weighted by Gasteiger charge is 2.36. The third kappa shape index (κ3) is 5.09. The van der Waals surface area contributed by atoms with E-state index in [-0.39, 0.29) is 23.9 Å². The zero-order chi connectivity index (χ0) is 24.2. The first-order valence-electron chi connectivity index (χ1n) is 11.6. The van der Waals surface area contributed by atoms with Crippen LogP contribution in [0.25, 0.3) is 0 Å². The lowest BCUT2D eigenvalue weighted by Crippen LogP contribution is -2.43. The Morgan fingerprint density at radius 1 is 0.829 bits per heavy atom. The number of ether oxygens (including phenoxy) is 1. The second-order valence-electron chi connectivity index (χ2n) is 8.68. The van der Waals surface area contributed by atoms with Gasteiger partial charge in [0.25, 0.3) is 5.91 Å². The van der Waals surface area contributed by atoms with Crippen LogP contribution in [0.15, 0.2) is 103 Å². The number of benzene rings is 4. The molecule has 0 aromatic heterocycles. The predicted molar refractivity (Wildman–Crippen MR) is 134 cm³/mol. The lowest BCUT2D eigenvalue weighted by molar-refractivity contribution is -0.123. The number of carbonyl (C=O) groups is 2. The van der Waals surface area contributed by atoms with Crippen molar-refractivity contribution >= 4 is 11.7 Å². The van der Waals surface area contributed by atoms with Gasteiger partial charge >= 0.3 is 0 Å². The van der Waals surface area contributed by atoms with E-state index in [9.17, 15) is 14.7 Å². The summed E-state index contributed by atoms with van der Waals surface area (Å²) in [6.45, 7) is 0.403. The van der Waals surface area contributed by atoms with Gasteiger partial charge < -0.3 is 14.7 Å². The number of ketones is 1. The number of phenols is 1. The average Bonchev–Trinajstić information content (AvgIpc) is 3.20. The molecule has 1 aliphatic heterocycles. The van der Waals surface area contributed by atoms with Gasteiger partial charge in [-0.3, -0.25) is 9.59 Å². The number of nitrogens with zero attached hydrogens (tertiary/aromatic N) is 1. The zero-order valence-electron chi connectivity index (χ0n) is 19.1. The van der Waals surface area contributed by atoms with Crippen molar-refractivity contribution in [1.82, 2.24) is 4.90 Å². The molecule has 0 spiro atoms. The van der Waals surface area contributed by atoms with Crippen molar-refractivity contribution in [3.8, 4) is 17.2 Å². The van der Waals surface area contributed by atoms with Gasteiger partial charge in [0.15, 0.2) is 5.78 Å². The molecule has 5 nitrogen and oxygen atoms in total. The third-order valence-corrected chi connectivity index (χ3v) is 6.22. The quantitative estimate of drug-likeness (QED) is 0.371. The monoisotopic (exact) mass is 463 g/mol. The summed E-state index contributed by atoms with van der Waals surface area (Å²) in [4.78, 5) is 28.5. The molecule has 1 unspecified atom stereocenters. The second kappa shape index (κ2) is 9.85. The Morgan fingerprint density at radius 3 is 2.31 bits per heavy atom. The van der Waals surface area contributed by atoms with Crippen molar-refractivity contribution < 1.29 is 19.4 Å². The summed E-state index contributed by atoms with van der Waals surface area (Å²) in [5.74, 6) is 1.37. The number of aromatic hydroxyl groups is 1. The smallest absolute Gasteiger partial charge is 0.255 e. The lowest BCUT2D eigenvalue weighted by Gasteiger charge is -2.27. The minimum atomic E-state index is -0.627. The number of Topliss-reactive ketones (excluding diaryl/α,β-unsaturated/α-hetero) is 1. The third-order valence-electron chi connectivity index (χ3n) is 6.22. The van der Waals surface area contributed by atoms with Crippen LogP contribution in [-0.4, -0.2) is 27.7 Å². The maximum Gasteiger partial charge on any atom is 0.255 e. The van der Waals surface area contributed by atoms with E-state index in [1.807, 2.05) is 78.9 Å². The van der Waals surface area contributed by atoms with Crippen LogP contribution in [0, 0.1) is 0 Å². The molecule has 0 saturated heterocycles. The minimum absolute atomic E-state index is 0.0453. The lowest BCUT2D eigenvalue weighted by atomic mass is 9.96. The molecule has 4 aromatic rings. The number of hydrogen-bond acceptors (Lipinski definition) is 4. The average molecular weight is 464 g/mol. The maximum absolute atomic E-state index is 13.7. The topological polar surface area (TPSA) is 66.8 Å². The van der Waals surface area contributed by atoms with E-state index in [4.69, 9.17) is 4.74 Å². The van der Waals surface area contributed by atoms with Crippen LogP contribution in [0.4, 0.5) is 0 Å². The van der Waals surface area contributed by atoms with Gasteiger partial charge in [0.1, 0.15) is 17.2 Å². The summed E-state index contributed by atoms with van der Waals surface area (Å²) in [7, 11) is 0. The fourth-order valence-electron chi connectivity index (χ4n) is 4.44. The SMILES string of the molecule is O=C(Cc1cccc(Oc2ccccc2)c1)C(Cc1ccc(O)cc1)N1Cc2ccccc2C1=O. The molecule has 35 heavy (non-hydrogen) atoms. The molecular formula is C30H25NO4. The molecule has 4 aromatic carbocycles. The second-order valence-corrected chi connectivity index (χ2v) is 8.68. The number of carbonyl (C=O) groups excluding carboxylic acids is 2. The van der Waals surface area contributed by atoms with Crippen molar-refractivity contribution in [2.75, 3.05) is 0 Å². The summed E-state index contributed by atoms with van der Waals surface area (Å²) >= 11 is 0. The Kier molecular flexibility index (Phi) is 6.31. The van der Waals surface area contributed by atoms with Crippen LogP contribution in [-0.2, 0) is 24.2 Å². The van der Waals surface area contributed by atoms with Crippen LogP contribution in [0.1, 0.15) is 27.0 Å². The summed E-state index contributed by atoms with van der Waals surface area (Å²) in [6, 6.07) is 30.6. The molecule has 0 saturated carbocycles. The van der Waals surface area contributed by atoms with Crippen molar-refractivity contribution in [2.24, 2.45) is 0 Å². The molecule has 0 bridgehead atoms. The fourth-order valence-corrected chi connectivity index (χ4v) is 4.44. The molecule has 1 atom stereocenters. The normalized spacial score (nSPS) is 13.4. The molecule has 1 aliphatic rings. The van der Waals surface area contributed by atoms with E-state index in [0.29, 0.717) is 24.3 Å². The van der Waals surface area contributed by atoms with E-state index in [1.165, 1.54) is 0 Å². The standard InChI is InChI=1S/C30H25NO4/c32-24-15-13-21(14-16-24)18-28(31-20-23-8-4-5-12-27(23)30(31)34)29(33)19-22-7-6-11-26(17-22)35-25-9-2-1-3-10-25/h1-17,28,32H,18-20H2. The maximum atomic E-state index is 13.7. The van der Waals surface area contributed by atoms with Gasteiger partial charge in [-0.2, -0.15) is 0 Å².